The molecule has 1 rings (SSSR count). The number of aliphatic hydroxyl groups is 3. The third-order valence-electron chi connectivity index (χ3n) is 1.61. The fourth-order valence-electron chi connectivity index (χ4n) is 0.880. The van der Waals surface area contributed by atoms with Gasteiger partial charge in [0, 0.05) is 4.88 Å². The Labute approximate surface area is 79.1 Å². The summed E-state index contributed by atoms with van der Waals surface area (Å²) in [6, 6.07) is 3.11. The van der Waals surface area contributed by atoms with Crippen LogP contribution in [0, 0.1) is 0 Å². The summed E-state index contributed by atoms with van der Waals surface area (Å²) >= 11 is 1.10. The van der Waals surface area contributed by atoms with Crippen molar-refractivity contribution in [3.8, 4) is 0 Å². The van der Waals surface area contributed by atoms with E-state index in [1.165, 1.54) is 0 Å². The van der Waals surface area contributed by atoms with E-state index in [-0.39, 0.29) is 0 Å². The quantitative estimate of drug-likeness (QED) is 0.598. The number of aliphatic hydroxyl groups excluding tert-OH is 3. The minimum Gasteiger partial charge on any atom is -0.394 e. The molecule has 0 saturated carbocycles. The van der Waals surface area contributed by atoms with Crippen LogP contribution in [0.15, 0.2) is 12.1 Å². The molecule has 0 spiro atoms. The smallest absolute Gasteiger partial charge is 0.160 e. The summed E-state index contributed by atoms with van der Waals surface area (Å²) in [6.07, 6.45) is -1.64. The molecule has 0 radical (unpaired) electrons. The van der Waals surface area contributed by atoms with E-state index in [1.807, 2.05) is 0 Å². The number of rotatable bonds is 4. The van der Waals surface area contributed by atoms with Crippen LogP contribution >= 0.6 is 11.3 Å². The summed E-state index contributed by atoms with van der Waals surface area (Å²) in [6.45, 7) is -0.504. The molecule has 0 amide bonds. The molecule has 0 aromatic carbocycles. The zero-order chi connectivity index (χ0) is 9.84. The maximum atomic E-state index is 10.3. The van der Waals surface area contributed by atoms with E-state index in [4.69, 9.17) is 10.2 Å². The lowest BCUT2D eigenvalue weighted by Gasteiger charge is -2.12. The number of thiophene rings is 1. The first-order valence-electron chi connectivity index (χ1n) is 3.71. The molecule has 0 aliphatic rings. The Hall–Kier alpha value is -0.750. The summed E-state index contributed by atoms with van der Waals surface area (Å²) in [7, 11) is 0. The average molecular weight is 202 g/mol. The van der Waals surface area contributed by atoms with E-state index < -0.39 is 18.8 Å². The largest absolute Gasteiger partial charge is 0.394 e. The lowest BCUT2D eigenvalue weighted by atomic mass is 10.2. The molecule has 5 heteroatoms. The molecule has 1 aromatic rings. The predicted octanol–water partition coefficient (Wildman–Crippen LogP) is -0.0528. The molecule has 0 aliphatic carbocycles. The Balaban J connectivity index is 2.76. The van der Waals surface area contributed by atoms with Crippen LogP contribution in [-0.2, 0) is 0 Å². The van der Waals surface area contributed by atoms with Crippen molar-refractivity contribution in [3.63, 3.8) is 0 Å². The lowest BCUT2D eigenvalue weighted by molar-refractivity contribution is -0.0135. The number of carbonyl (C=O) groups is 1. The van der Waals surface area contributed by atoms with E-state index in [0.717, 1.165) is 11.3 Å². The summed E-state index contributed by atoms with van der Waals surface area (Å²) in [5.74, 6) is 0. The van der Waals surface area contributed by atoms with Gasteiger partial charge in [0.25, 0.3) is 0 Å². The molecule has 2 unspecified atom stereocenters. The Kier molecular flexibility index (Phi) is 3.56. The van der Waals surface area contributed by atoms with Gasteiger partial charge in [-0.15, -0.1) is 11.3 Å². The van der Waals surface area contributed by atoms with Crippen molar-refractivity contribution in [2.24, 2.45) is 0 Å². The first kappa shape index (κ1) is 10.3. The minimum absolute atomic E-state index is 0.476. The van der Waals surface area contributed by atoms with Gasteiger partial charge < -0.3 is 15.3 Å². The summed E-state index contributed by atoms with van der Waals surface area (Å²) in [5, 5.41) is 27.0. The van der Waals surface area contributed by atoms with E-state index in [1.54, 1.807) is 12.1 Å². The van der Waals surface area contributed by atoms with Gasteiger partial charge in [0.2, 0.25) is 0 Å². The fraction of sp³-hybridized carbons (Fsp3) is 0.375. The van der Waals surface area contributed by atoms with Crippen LogP contribution in [0.2, 0.25) is 0 Å². The highest BCUT2D eigenvalue weighted by atomic mass is 32.1. The Morgan fingerprint density at radius 3 is 2.62 bits per heavy atom. The summed E-state index contributed by atoms with van der Waals surface area (Å²) < 4.78 is 0. The Bertz CT molecular complexity index is 283. The van der Waals surface area contributed by atoms with Crippen LogP contribution < -0.4 is 0 Å². The third-order valence-corrected chi connectivity index (χ3v) is 2.69. The average Bonchev–Trinajstić information content (AvgIpc) is 2.63. The minimum atomic E-state index is -1.20. The molecule has 2 atom stereocenters. The topological polar surface area (TPSA) is 77.8 Å². The van der Waals surface area contributed by atoms with Crippen molar-refractivity contribution < 1.29 is 20.1 Å². The standard InChI is InChI=1S/C8H10O4S/c9-3-5-1-2-7(13-5)8(12)6(11)4-10/h1-3,6,8,10-12H,4H2. The zero-order valence-corrected chi connectivity index (χ0v) is 7.57. The number of aldehydes is 1. The number of hydrogen-bond acceptors (Lipinski definition) is 5. The fourth-order valence-corrected chi connectivity index (χ4v) is 1.75. The van der Waals surface area contributed by atoms with Crippen LogP contribution in [0.25, 0.3) is 0 Å². The molecule has 0 aliphatic heterocycles. The van der Waals surface area contributed by atoms with Crippen molar-refractivity contribution in [1.82, 2.24) is 0 Å². The van der Waals surface area contributed by atoms with Gasteiger partial charge >= 0.3 is 0 Å². The molecule has 72 valence electrons. The van der Waals surface area contributed by atoms with Gasteiger partial charge in [-0.1, -0.05) is 0 Å². The summed E-state index contributed by atoms with van der Waals surface area (Å²) in [5.41, 5.74) is 0. The van der Waals surface area contributed by atoms with E-state index in [9.17, 15) is 9.90 Å². The molecule has 1 aromatic heterocycles. The van der Waals surface area contributed by atoms with Gasteiger partial charge in [-0.25, -0.2) is 0 Å². The molecule has 0 fully saturated rings. The normalized spacial score (nSPS) is 15.3. The Morgan fingerprint density at radius 2 is 2.15 bits per heavy atom. The van der Waals surface area contributed by atoms with E-state index in [0.29, 0.717) is 16.0 Å². The zero-order valence-electron chi connectivity index (χ0n) is 6.75. The maximum absolute atomic E-state index is 10.3. The lowest BCUT2D eigenvalue weighted by Crippen LogP contribution is -2.21. The number of carbonyl (C=O) groups excluding carboxylic acids is 1. The Morgan fingerprint density at radius 1 is 1.46 bits per heavy atom. The maximum Gasteiger partial charge on any atom is 0.160 e. The molecule has 0 bridgehead atoms. The van der Waals surface area contributed by atoms with Crippen LogP contribution in [0.3, 0.4) is 0 Å². The predicted molar refractivity (Wildman–Crippen MR) is 47.8 cm³/mol. The van der Waals surface area contributed by atoms with Crippen molar-refractivity contribution >= 4 is 17.6 Å². The second-order valence-corrected chi connectivity index (χ2v) is 3.70. The van der Waals surface area contributed by atoms with Gasteiger partial charge in [0.1, 0.15) is 12.2 Å². The third kappa shape index (κ3) is 2.35. The molecule has 3 N–H and O–H groups in total. The molecular weight excluding hydrogens is 192 g/mol. The van der Waals surface area contributed by atoms with Gasteiger partial charge in [0.15, 0.2) is 6.29 Å². The highest BCUT2D eigenvalue weighted by molar-refractivity contribution is 7.13. The number of hydrogen-bond donors (Lipinski definition) is 3. The molecule has 13 heavy (non-hydrogen) atoms. The van der Waals surface area contributed by atoms with E-state index in [2.05, 4.69) is 0 Å². The first-order chi connectivity index (χ1) is 6.19. The second-order valence-electron chi connectivity index (χ2n) is 2.55. The molecule has 0 saturated heterocycles. The molecular formula is C8H10O4S. The van der Waals surface area contributed by atoms with Gasteiger partial charge in [-0.2, -0.15) is 0 Å². The van der Waals surface area contributed by atoms with Crippen molar-refractivity contribution in [2.45, 2.75) is 12.2 Å². The highest BCUT2D eigenvalue weighted by Crippen LogP contribution is 2.24. The SMILES string of the molecule is O=Cc1ccc(C(O)C(O)CO)s1. The van der Waals surface area contributed by atoms with Crippen LogP contribution in [0.5, 0.6) is 0 Å². The van der Waals surface area contributed by atoms with E-state index >= 15 is 0 Å². The monoisotopic (exact) mass is 202 g/mol. The van der Waals surface area contributed by atoms with Crippen LogP contribution in [0.4, 0.5) is 0 Å². The van der Waals surface area contributed by atoms with Gasteiger partial charge in [0.05, 0.1) is 11.5 Å². The van der Waals surface area contributed by atoms with Crippen molar-refractivity contribution in [3.05, 3.63) is 21.9 Å². The van der Waals surface area contributed by atoms with Crippen LogP contribution in [0.1, 0.15) is 20.7 Å². The first-order valence-corrected chi connectivity index (χ1v) is 4.52. The van der Waals surface area contributed by atoms with Crippen molar-refractivity contribution in [2.75, 3.05) is 6.61 Å². The van der Waals surface area contributed by atoms with Gasteiger partial charge in [-0.05, 0) is 12.1 Å². The highest BCUT2D eigenvalue weighted by Gasteiger charge is 2.18. The summed E-state index contributed by atoms with van der Waals surface area (Å²) in [4.78, 5) is 11.3. The van der Waals surface area contributed by atoms with Gasteiger partial charge in [-0.3, -0.25) is 4.79 Å². The molecule has 1 heterocycles. The van der Waals surface area contributed by atoms with Crippen molar-refractivity contribution in [1.29, 1.82) is 0 Å². The molecule has 4 nitrogen and oxygen atoms in total. The van der Waals surface area contributed by atoms with Crippen LogP contribution in [-0.4, -0.2) is 34.3 Å². The second kappa shape index (κ2) is 4.48.